The number of rotatable bonds is 5. The van der Waals surface area contributed by atoms with E-state index in [1.54, 1.807) is 23.8 Å². The lowest BCUT2D eigenvalue weighted by Gasteiger charge is -2.07. The molecule has 1 aromatic carbocycles. The van der Waals surface area contributed by atoms with Gasteiger partial charge in [-0.05, 0) is 18.2 Å². The molecule has 0 aliphatic heterocycles. The van der Waals surface area contributed by atoms with E-state index in [1.165, 1.54) is 0 Å². The molecule has 0 bridgehead atoms. The Balaban J connectivity index is 2.40. The van der Waals surface area contributed by atoms with Gasteiger partial charge in [0.2, 0.25) is 0 Å². The molecule has 0 atom stereocenters. The smallest absolute Gasteiger partial charge is 0.329 e. The van der Waals surface area contributed by atoms with E-state index < -0.39 is 5.97 Å². The summed E-state index contributed by atoms with van der Waals surface area (Å²) in [5, 5.41) is 0.905. The SMILES string of the molecule is NNOC(=O)CCOc1ccc(Cl)cc1Cl. The predicted molar refractivity (Wildman–Crippen MR) is 60.0 cm³/mol. The summed E-state index contributed by atoms with van der Waals surface area (Å²) in [7, 11) is 0. The van der Waals surface area contributed by atoms with Crippen LogP contribution in [0.5, 0.6) is 5.75 Å². The van der Waals surface area contributed by atoms with Crippen LogP contribution in [-0.2, 0) is 9.63 Å². The van der Waals surface area contributed by atoms with E-state index in [-0.39, 0.29) is 13.0 Å². The van der Waals surface area contributed by atoms with Crippen molar-refractivity contribution in [3.05, 3.63) is 28.2 Å². The van der Waals surface area contributed by atoms with Crippen LogP contribution in [0, 0.1) is 0 Å². The van der Waals surface area contributed by atoms with Crippen molar-refractivity contribution in [2.45, 2.75) is 6.42 Å². The molecular weight excluding hydrogens is 255 g/mol. The largest absolute Gasteiger partial charge is 0.491 e. The van der Waals surface area contributed by atoms with Gasteiger partial charge in [0.15, 0.2) is 0 Å². The first kappa shape index (κ1) is 13.1. The lowest BCUT2D eigenvalue weighted by molar-refractivity contribution is -0.151. The summed E-state index contributed by atoms with van der Waals surface area (Å²) in [4.78, 5) is 15.2. The fourth-order valence-corrected chi connectivity index (χ4v) is 1.42. The van der Waals surface area contributed by atoms with E-state index in [1.807, 2.05) is 0 Å². The highest BCUT2D eigenvalue weighted by Gasteiger charge is 2.05. The number of carbonyl (C=O) groups excluding carboxylic acids is 1. The number of carbonyl (C=O) groups is 1. The van der Waals surface area contributed by atoms with E-state index >= 15 is 0 Å². The summed E-state index contributed by atoms with van der Waals surface area (Å²) >= 11 is 11.6. The second-order valence-electron chi connectivity index (χ2n) is 2.77. The highest BCUT2D eigenvalue weighted by molar-refractivity contribution is 6.35. The molecule has 7 heteroatoms. The molecule has 1 rings (SSSR count). The van der Waals surface area contributed by atoms with Crippen molar-refractivity contribution < 1.29 is 14.4 Å². The van der Waals surface area contributed by atoms with Crippen molar-refractivity contribution in [1.82, 2.24) is 5.59 Å². The van der Waals surface area contributed by atoms with Gasteiger partial charge in [-0.25, -0.2) is 5.84 Å². The average molecular weight is 265 g/mol. The van der Waals surface area contributed by atoms with Crippen LogP contribution >= 0.6 is 23.2 Å². The van der Waals surface area contributed by atoms with Crippen molar-refractivity contribution in [1.29, 1.82) is 0 Å². The first-order chi connectivity index (χ1) is 7.63. The summed E-state index contributed by atoms with van der Waals surface area (Å²) in [6.45, 7) is 0.141. The Morgan fingerprint density at radius 1 is 1.44 bits per heavy atom. The maximum absolute atomic E-state index is 10.9. The van der Waals surface area contributed by atoms with Gasteiger partial charge in [-0.2, -0.15) is 0 Å². The molecular formula is C9H10Cl2N2O3. The number of halogens is 2. The topological polar surface area (TPSA) is 73.6 Å². The van der Waals surface area contributed by atoms with Gasteiger partial charge >= 0.3 is 5.97 Å². The Morgan fingerprint density at radius 3 is 2.81 bits per heavy atom. The van der Waals surface area contributed by atoms with Gasteiger partial charge in [-0.1, -0.05) is 28.8 Å². The van der Waals surface area contributed by atoms with Gasteiger partial charge < -0.3 is 9.57 Å². The van der Waals surface area contributed by atoms with Crippen LogP contribution in [0.2, 0.25) is 10.0 Å². The molecule has 0 saturated heterocycles. The zero-order chi connectivity index (χ0) is 12.0. The van der Waals surface area contributed by atoms with Crippen LogP contribution < -0.4 is 16.2 Å². The van der Waals surface area contributed by atoms with Crippen molar-refractivity contribution in [3.63, 3.8) is 0 Å². The third-order valence-electron chi connectivity index (χ3n) is 1.63. The second kappa shape index (κ2) is 6.55. The van der Waals surface area contributed by atoms with Crippen LogP contribution in [0.1, 0.15) is 6.42 Å². The number of ether oxygens (including phenoxy) is 1. The second-order valence-corrected chi connectivity index (χ2v) is 3.61. The Kier molecular flexibility index (Phi) is 5.34. The first-order valence-corrected chi connectivity index (χ1v) is 5.12. The standard InChI is InChI=1S/C9H10Cl2N2O3/c10-6-1-2-8(7(11)5-6)15-4-3-9(14)16-13-12/h1-2,5,13H,3-4,12H2. The van der Waals surface area contributed by atoms with Crippen LogP contribution in [0.4, 0.5) is 0 Å². The number of hydrazine groups is 1. The minimum absolute atomic E-state index is 0.0587. The van der Waals surface area contributed by atoms with Crippen molar-refractivity contribution in [2.75, 3.05) is 6.61 Å². The Labute approximate surface area is 102 Å². The van der Waals surface area contributed by atoms with E-state index in [4.69, 9.17) is 33.8 Å². The molecule has 0 saturated carbocycles. The summed E-state index contributed by atoms with van der Waals surface area (Å²) < 4.78 is 5.25. The minimum atomic E-state index is -0.521. The molecule has 0 amide bonds. The number of nitrogens with two attached hydrogens (primary N) is 1. The highest BCUT2D eigenvalue weighted by Crippen LogP contribution is 2.27. The monoisotopic (exact) mass is 264 g/mol. The molecule has 0 spiro atoms. The zero-order valence-electron chi connectivity index (χ0n) is 8.20. The number of benzene rings is 1. The fraction of sp³-hybridized carbons (Fsp3) is 0.222. The van der Waals surface area contributed by atoms with Gasteiger partial charge in [0.25, 0.3) is 0 Å². The lowest BCUT2D eigenvalue weighted by atomic mass is 10.3. The van der Waals surface area contributed by atoms with Gasteiger partial charge in [0.05, 0.1) is 18.1 Å². The third kappa shape index (κ3) is 4.24. The Hall–Kier alpha value is -1.01. The van der Waals surface area contributed by atoms with E-state index in [9.17, 15) is 4.79 Å². The highest BCUT2D eigenvalue weighted by atomic mass is 35.5. The minimum Gasteiger partial charge on any atom is -0.491 e. The van der Waals surface area contributed by atoms with Crippen LogP contribution in [0.3, 0.4) is 0 Å². The molecule has 0 aromatic heterocycles. The average Bonchev–Trinajstić information content (AvgIpc) is 2.22. The molecule has 0 unspecified atom stereocenters. The van der Waals surface area contributed by atoms with Gasteiger partial charge in [0.1, 0.15) is 5.75 Å². The first-order valence-electron chi connectivity index (χ1n) is 4.36. The zero-order valence-corrected chi connectivity index (χ0v) is 9.72. The normalized spacial score (nSPS) is 9.94. The molecule has 0 aliphatic carbocycles. The number of hydrogen-bond donors (Lipinski definition) is 2. The van der Waals surface area contributed by atoms with E-state index in [0.29, 0.717) is 15.8 Å². The van der Waals surface area contributed by atoms with Crippen molar-refractivity contribution in [2.24, 2.45) is 5.84 Å². The molecule has 0 heterocycles. The molecule has 88 valence electrons. The fourth-order valence-electron chi connectivity index (χ4n) is 0.953. The lowest BCUT2D eigenvalue weighted by Crippen LogP contribution is -2.26. The maximum atomic E-state index is 10.9. The van der Waals surface area contributed by atoms with Gasteiger partial charge in [-0.3, -0.25) is 4.79 Å². The molecule has 1 aromatic rings. The number of hydrogen-bond acceptors (Lipinski definition) is 5. The predicted octanol–water partition coefficient (Wildman–Crippen LogP) is 1.68. The summed E-state index contributed by atoms with van der Waals surface area (Å²) in [5.74, 6) is 4.72. The molecule has 5 nitrogen and oxygen atoms in total. The van der Waals surface area contributed by atoms with Gasteiger partial charge in [-0.15, -0.1) is 0 Å². The third-order valence-corrected chi connectivity index (χ3v) is 2.16. The summed E-state index contributed by atoms with van der Waals surface area (Å²) in [5.41, 5.74) is 1.79. The van der Waals surface area contributed by atoms with Crippen LogP contribution in [0.25, 0.3) is 0 Å². The van der Waals surface area contributed by atoms with Crippen molar-refractivity contribution in [3.8, 4) is 5.75 Å². The van der Waals surface area contributed by atoms with Gasteiger partial charge in [0, 0.05) is 5.02 Å². The van der Waals surface area contributed by atoms with Crippen LogP contribution in [-0.4, -0.2) is 12.6 Å². The molecule has 0 radical (unpaired) electrons. The van der Waals surface area contributed by atoms with Crippen molar-refractivity contribution >= 4 is 29.2 Å². The molecule has 0 fully saturated rings. The number of nitrogens with one attached hydrogen (secondary N) is 1. The quantitative estimate of drug-likeness (QED) is 0.626. The molecule has 3 N–H and O–H groups in total. The van der Waals surface area contributed by atoms with E-state index in [2.05, 4.69) is 4.84 Å². The molecule has 16 heavy (non-hydrogen) atoms. The summed E-state index contributed by atoms with van der Waals surface area (Å²) in [6, 6.07) is 4.82. The summed E-state index contributed by atoms with van der Waals surface area (Å²) in [6.07, 6.45) is 0.0587. The molecule has 0 aliphatic rings. The Bertz CT molecular complexity index is 374. The Morgan fingerprint density at radius 2 is 2.19 bits per heavy atom. The van der Waals surface area contributed by atoms with Crippen LogP contribution in [0.15, 0.2) is 18.2 Å². The maximum Gasteiger partial charge on any atom is 0.329 e. The van der Waals surface area contributed by atoms with E-state index in [0.717, 1.165) is 0 Å².